The molecule has 1 N–H and O–H groups in total. The molecule has 0 saturated carbocycles. The third-order valence-electron chi connectivity index (χ3n) is 4.27. The van der Waals surface area contributed by atoms with Crippen molar-refractivity contribution in [3.8, 4) is 5.75 Å². The maximum absolute atomic E-state index is 12.7. The molecule has 0 aliphatic heterocycles. The molecule has 0 spiro atoms. The Balaban J connectivity index is 1.87. The van der Waals surface area contributed by atoms with Gasteiger partial charge in [-0.05, 0) is 55.8 Å². The van der Waals surface area contributed by atoms with Crippen molar-refractivity contribution in [1.82, 2.24) is 4.98 Å². The Morgan fingerprint density at radius 1 is 1.11 bits per heavy atom. The summed E-state index contributed by atoms with van der Waals surface area (Å²) in [4.78, 5) is 19.3. The number of aromatic nitrogens is 1. The molecule has 2 aromatic carbocycles. The number of nitrogens with one attached hydrogen (secondary N) is 1. The summed E-state index contributed by atoms with van der Waals surface area (Å²) in [5.41, 5.74) is 3.40. The molecule has 27 heavy (non-hydrogen) atoms. The van der Waals surface area contributed by atoms with E-state index in [0.29, 0.717) is 17.0 Å². The van der Waals surface area contributed by atoms with E-state index in [1.54, 1.807) is 25.4 Å². The molecule has 0 atom stereocenters. The van der Waals surface area contributed by atoms with Crippen LogP contribution in [0.3, 0.4) is 0 Å². The molecule has 0 radical (unpaired) electrons. The van der Waals surface area contributed by atoms with Gasteiger partial charge in [0.15, 0.2) is 0 Å². The Labute approximate surface area is 159 Å². The summed E-state index contributed by atoms with van der Waals surface area (Å²) in [5, 5.41) is 2.90. The number of para-hydroxylation sites is 2. The highest BCUT2D eigenvalue weighted by molar-refractivity contribution is 6.05. The standard InChI is InChI=1S/C22H23N3O2/c1-4-25(18-9-7-8-16(2)14-18)21-15-17(12-13-23-21)22(26)24-19-10-5-6-11-20(19)27-3/h5-15H,4H2,1-3H3,(H,24,26). The summed E-state index contributed by atoms with van der Waals surface area (Å²) in [5.74, 6) is 1.15. The lowest BCUT2D eigenvalue weighted by Gasteiger charge is -2.23. The summed E-state index contributed by atoms with van der Waals surface area (Å²) in [7, 11) is 1.58. The summed E-state index contributed by atoms with van der Waals surface area (Å²) >= 11 is 0. The molecule has 0 bridgehead atoms. The zero-order valence-corrected chi connectivity index (χ0v) is 15.8. The predicted octanol–water partition coefficient (Wildman–Crippen LogP) is 4.81. The van der Waals surface area contributed by atoms with Gasteiger partial charge in [0.05, 0.1) is 12.8 Å². The van der Waals surface area contributed by atoms with Crippen molar-refractivity contribution < 1.29 is 9.53 Å². The van der Waals surface area contributed by atoms with Gasteiger partial charge in [0.25, 0.3) is 5.91 Å². The topological polar surface area (TPSA) is 54.5 Å². The maximum atomic E-state index is 12.7. The number of anilines is 3. The average molecular weight is 361 g/mol. The van der Waals surface area contributed by atoms with Gasteiger partial charge in [-0.1, -0.05) is 24.3 Å². The van der Waals surface area contributed by atoms with E-state index in [9.17, 15) is 4.79 Å². The number of aryl methyl sites for hydroxylation is 1. The monoisotopic (exact) mass is 361 g/mol. The van der Waals surface area contributed by atoms with Crippen LogP contribution in [0.4, 0.5) is 17.2 Å². The van der Waals surface area contributed by atoms with Crippen LogP contribution < -0.4 is 15.0 Å². The molecule has 5 nitrogen and oxygen atoms in total. The molecule has 3 aromatic rings. The quantitative estimate of drug-likeness (QED) is 0.685. The van der Waals surface area contributed by atoms with E-state index in [1.165, 1.54) is 5.56 Å². The smallest absolute Gasteiger partial charge is 0.255 e. The van der Waals surface area contributed by atoms with Crippen molar-refractivity contribution in [2.24, 2.45) is 0 Å². The largest absolute Gasteiger partial charge is 0.495 e. The van der Waals surface area contributed by atoms with Crippen LogP contribution in [0.15, 0.2) is 66.9 Å². The Morgan fingerprint density at radius 3 is 2.67 bits per heavy atom. The molecule has 3 rings (SSSR count). The molecular formula is C22H23N3O2. The van der Waals surface area contributed by atoms with Crippen LogP contribution in [0.25, 0.3) is 0 Å². The first-order chi connectivity index (χ1) is 13.1. The number of amides is 1. The maximum Gasteiger partial charge on any atom is 0.255 e. The zero-order valence-electron chi connectivity index (χ0n) is 15.8. The molecule has 1 heterocycles. The fraction of sp³-hybridized carbons (Fsp3) is 0.182. The van der Waals surface area contributed by atoms with Crippen molar-refractivity contribution >= 4 is 23.1 Å². The van der Waals surface area contributed by atoms with E-state index in [-0.39, 0.29) is 5.91 Å². The minimum atomic E-state index is -0.205. The SMILES string of the molecule is CCN(c1cccc(C)c1)c1cc(C(=O)Nc2ccccc2OC)ccn1. The minimum Gasteiger partial charge on any atom is -0.495 e. The third kappa shape index (κ3) is 4.26. The first-order valence-corrected chi connectivity index (χ1v) is 8.87. The van der Waals surface area contributed by atoms with Crippen LogP contribution in [0.5, 0.6) is 5.75 Å². The molecule has 1 amide bonds. The van der Waals surface area contributed by atoms with Crippen molar-refractivity contribution in [3.63, 3.8) is 0 Å². The molecule has 0 aliphatic carbocycles. The second-order valence-electron chi connectivity index (χ2n) is 6.14. The van der Waals surface area contributed by atoms with Gasteiger partial charge in [0.2, 0.25) is 0 Å². The van der Waals surface area contributed by atoms with Crippen LogP contribution in [0.2, 0.25) is 0 Å². The number of pyridine rings is 1. The van der Waals surface area contributed by atoms with Crippen LogP contribution in [0.1, 0.15) is 22.8 Å². The lowest BCUT2D eigenvalue weighted by Crippen LogP contribution is -2.19. The van der Waals surface area contributed by atoms with E-state index in [0.717, 1.165) is 18.1 Å². The molecule has 0 saturated heterocycles. The molecule has 0 unspecified atom stereocenters. The number of hydrogen-bond donors (Lipinski definition) is 1. The fourth-order valence-corrected chi connectivity index (χ4v) is 2.92. The van der Waals surface area contributed by atoms with E-state index < -0.39 is 0 Å². The Morgan fingerprint density at radius 2 is 1.93 bits per heavy atom. The van der Waals surface area contributed by atoms with Gasteiger partial charge in [0.1, 0.15) is 11.6 Å². The first-order valence-electron chi connectivity index (χ1n) is 8.87. The van der Waals surface area contributed by atoms with Crippen molar-refractivity contribution in [2.75, 3.05) is 23.9 Å². The number of nitrogens with zero attached hydrogens (tertiary/aromatic N) is 2. The summed E-state index contributed by atoms with van der Waals surface area (Å²) in [6.07, 6.45) is 1.66. The van der Waals surface area contributed by atoms with Crippen LogP contribution in [-0.4, -0.2) is 24.5 Å². The average Bonchev–Trinajstić information content (AvgIpc) is 2.69. The van der Waals surface area contributed by atoms with E-state index in [4.69, 9.17) is 4.74 Å². The number of benzene rings is 2. The number of rotatable bonds is 6. The molecule has 0 fully saturated rings. The highest BCUT2D eigenvalue weighted by Gasteiger charge is 2.14. The summed E-state index contributed by atoms with van der Waals surface area (Å²) in [6, 6.07) is 19.1. The summed E-state index contributed by atoms with van der Waals surface area (Å²) < 4.78 is 5.30. The van der Waals surface area contributed by atoms with Gasteiger partial charge < -0.3 is 15.0 Å². The highest BCUT2D eigenvalue weighted by atomic mass is 16.5. The number of carbonyl (C=O) groups is 1. The zero-order chi connectivity index (χ0) is 19.2. The predicted molar refractivity (Wildman–Crippen MR) is 109 cm³/mol. The number of methoxy groups -OCH3 is 1. The van der Waals surface area contributed by atoms with Gasteiger partial charge >= 0.3 is 0 Å². The Kier molecular flexibility index (Phi) is 5.71. The number of carbonyl (C=O) groups excluding carboxylic acids is 1. The van der Waals surface area contributed by atoms with Gasteiger partial charge in [-0.25, -0.2) is 4.98 Å². The van der Waals surface area contributed by atoms with Gasteiger partial charge in [-0.2, -0.15) is 0 Å². The second kappa shape index (κ2) is 8.36. The molecule has 1 aromatic heterocycles. The van der Waals surface area contributed by atoms with Gasteiger partial charge in [0, 0.05) is 24.0 Å². The normalized spacial score (nSPS) is 10.3. The highest BCUT2D eigenvalue weighted by Crippen LogP contribution is 2.26. The van der Waals surface area contributed by atoms with Crippen molar-refractivity contribution in [2.45, 2.75) is 13.8 Å². The molecule has 0 aliphatic rings. The minimum absolute atomic E-state index is 0.205. The fourth-order valence-electron chi connectivity index (χ4n) is 2.92. The van der Waals surface area contributed by atoms with E-state index >= 15 is 0 Å². The van der Waals surface area contributed by atoms with Crippen LogP contribution in [-0.2, 0) is 0 Å². The van der Waals surface area contributed by atoms with E-state index in [1.807, 2.05) is 36.4 Å². The third-order valence-corrected chi connectivity index (χ3v) is 4.27. The van der Waals surface area contributed by atoms with E-state index in [2.05, 4.69) is 41.2 Å². The molecule has 138 valence electrons. The van der Waals surface area contributed by atoms with Crippen LogP contribution >= 0.6 is 0 Å². The van der Waals surface area contributed by atoms with Crippen LogP contribution in [0, 0.1) is 6.92 Å². The first kappa shape index (κ1) is 18.5. The number of ether oxygens (including phenoxy) is 1. The lowest BCUT2D eigenvalue weighted by molar-refractivity contribution is 0.102. The Bertz CT molecular complexity index is 940. The van der Waals surface area contributed by atoms with Gasteiger partial charge in [-0.15, -0.1) is 0 Å². The second-order valence-corrected chi connectivity index (χ2v) is 6.14. The molecular weight excluding hydrogens is 338 g/mol. The Hall–Kier alpha value is -3.34. The lowest BCUT2D eigenvalue weighted by atomic mass is 10.2. The molecule has 5 heteroatoms. The van der Waals surface area contributed by atoms with Crippen molar-refractivity contribution in [3.05, 3.63) is 78.0 Å². The number of hydrogen-bond acceptors (Lipinski definition) is 4. The van der Waals surface area contributed by atoms with Gasteiger partial charge in [-0.3, -0.25) is 4.79 Å². The summed E-state index contributed by atoms with van der Waals surface area (Å²) in [6.45, 7) is 4.86. The van der Waals surface area contributed by atoms with Crippen molar-refractivity contribution in [1.29, 1.82) is 0 Å².